The van der Waals surface area contributed by atoms with Crippen molar-refractivity contribution in [2.24, 2.45) is 7.05 Å². The minimum Gasteiger partial charge on any atom is -0.398 e. The molecule has 1 heterocycles. The lowest BCUT2D eigenvalue weighted by molar-refractivity contribution is 0.767. The number of hydrogen-bond donors (Lipinski definition) is 1. The Bertz CT molecular complexity index is 491. The second kappa shape index (κ2) is 4.61. The molecule has 0 saturated carbocycles. The Kier molecular flexibility index (Phi) is 3.19. The number of hydrogen-bond acceptors (Lipinski definition) is 3. The number of nitrogens with zero attached hydrogens (tertiary/aromatic N) is 2. The highest BCUT2D eigenvalue weighted by Crippen LogP contribution is 2.28. The Labute approximate surface area is 99.7 Å². The molecule has 0 amide bonds. The van der Waals surface area contributed by atoms with Crippen LogP contribution in [0.2, 0.25) is 0 Å². The summed E-state index contributed by atoms with van der Waals surface area (Å²) in [6.45, 7) is 2.08. The average molecular weight is 233 g/mol. The summed E-state index contributed by atoms with van der Waals surface area (Å²) in [4.78, 5) is 1.14. The largest absolute Gasteiger partial charge is 0.398 e. The van der Waals surface area contributed by atoms with Crippen LogP contribution in [0.25, 0.3) is 0 Å². The number of rotatable bonds is 3. The van der Waals surface area contributed by atoms with Gasteiger partial charge in [-0.15, -0.1) is 11.8 Å². The minimum atomic E-state index is 0.847. The van der Waals surface area contributed by atoms with E-state index in [0.717, 1.165) is 16.3 Å². The minimum absolute atomic E-state index is 0.847. The van der Waals surface area contributed by atoms with E-state index in [2.05, 4.69) is 18.1 Å². The fourth-order valence-corrected chi connectivity index (χ4v) is 2.45. The molecule has 16 heavy (non-hydrogen) atoms. The summed E-state index contributed by atoms with van der Waals surface area (Å²) in [6, 6.07) is 6.11. The molecule has 1 aromatic carbocycles. The number of thioether (sulfide) groups is 1. The van der Waals surface area contributed by atoms with Crippen LogP contribution in [0.5, 0.6) is 0 Å². The molecular formula is C12H15N3S. The van der Waals surface area contributed by atoms with Gasteiger partial charge in [0.15, 0.2) is 0 Å². The van der Waals surface area contributed by atoms with Gasteiger partial charge in [0.2, 0.25) is 0 Å². The van der Waals surface area contributed by atoms with Crippen LogP contribution in [0.3, 0.4) is 0 Å². The summed E-state index contributed by atoms with van der Waals surface area (Å²) in [7, 11) is 1.93. The van der Waals surface area contributed by atoms with Crippen molar-refractivity contribution in [2.75, 3.05) is 5.73 Å². The molecule has 0 aliphatic rings. The zero-order valence-electron chi connectivity index (χ0n) is 9.47. The summed E-state index contributed by atoms with van der Waals surface area (Å²) >= 11 is 1.75. The normalized spacial score (nSPS) is 10.6. The number of nitrogens with two attached hydrogens (primary N) is 1. The molecule has 0 aliphatic heterocycles. The van der Waals surface area contributed by atoms with Gasteiger partial charge in [-0.2, -0.15) is 5.10 Å². The maximum absolute atomic E-state index is 5.92. The number of nitrogen functional groups attached to an aromatic ring is 1. The third kappa shape index (κ3) is 2.58. The van der Waals surface area contributed by atoms with E-state index in [0.29, 0.717) is 0 Å². The molecule has 0 unspecified atom stereocenters. The monoisotopic (exact) mass is 233 g/mol. The Hall–Kier alpha value is -1.42. The van der Waals surface area contributed by atoms with E-state index in [4.69, 9.17) is 5.73 Å². The molecule has 1 aromatic heterocycles. The molecule has 0 aliphatic carbocycles. The number of benzene rings is 1. The van der Waals surface area contributed by atoms with Crippen LogP contribution in [-0.2, 0) is 12.8 Å². The lowest BCUT2D eigenvalue weighted by Gasteiger charge is -2.05. The highest BCUT2D eigenvalue weighted by Gasteiger charge is 2.02. The summed E-state index contributed by atoms with van der Waals surface area (Å²) in [5.41, 5.74) is 9.22. The van der Waals surface area contributed by atoms with E-state index < -0.39 is 0 Å². The molecule has 84 valence electrons. The third-order valence-electron chi connectivity index (χ3n) is 2.32. The third-order valence-corrected chi connectivity index (χ3v) is 3.46. The van der Waals surface area contributed by atoms with E-state index in [1.54, 1.807) is 11.8 Å². The van der Waals surface area contributed by atoms with Crippen molar-refractivity contribution in [1.29, 1.82) is 0 Å². The van der Waals surface area contributed by atoms with Gasteiger partial charge in [0.05, 0.1) is 6.20 Å². The fraction of sp³-hybridized carbons (Fsp3) is 0.250. The van der Waals surface area contributed by atoms with Gasteiger partial charge in [0, 0.05) is 35.1 Å². The van der Waals surface area contributed by atoms with E-state index >= 15 is 0 Å². The van der Waals surface area contributed by atoms with Crippen LogP contribution in [0.1, 0.15) is 11.1 Å². The Morgan fingerprint density at radius 2 is 2.25 bits per heavy atom. The van der Waals surface area contributed by atoms with Crippen molar-refractivity contribution in [1.82, 2.24) is 9.78 Å². The highest BCUT2D eigenvalue weighted by molar-refractivity contribution is 7.98. The van der Waals surface area contributed by atoms with E-state index in [-0.39, 0.29) is 0 Å². The van der Waals surface area contributed by atoms with E-state index in [1.165, 1.54) is 11.1 Å². The SMILES string of the molecule is Cc1ccc(N)c(SCc2cnn(C)c2)c1. The maximum Gasteiger partial charge on any atom is 0.0530 e. The Balaban J connectivity index is 2.07. The highest BCUT2D eigenvalue weighted by atomic mass is 32.2. The predicted molar refractivity (Wildman–Crippen MR) is 68.4 cm³/mol. The molecule has 4 heteroatoms. The second-order valence-corrected chi connectivity index (χ2v) is 4.87. The van der Waals surface area contributed by atoms with Crippen LogP contribution in [0.15, 0.2) is 35.5 Å². The van der Waals surface area contributed by atoms with Crippen molar-refractivity contribution in [3.05, 3.63) is 41.7 Å². The van der Waals surface area contributed by atoms with E-state index in [9.17, 15) is 0 Å². The molecule has 0 bridgehead atoms. The van der Waals surface area contributed by atoms with Gasteiger partial charge in [-0.25, -0.2) is 0 Å². The Morgan fingerprint density at radius 1 is 1.44 bits per heavy atom. The molecule has 0 radical (unpaired) electrons. The van der Waals surface area contributed by atoms with Crippen LogP contribution < -0.4 is 5.73 Å². The van der Waals surface area contributed by atoms with Crippen LogP contribution in [-0.4, -0.2) is 9.78 Å². The molecule has 3 nitrogen and oxygen atoms in total. The average Bonchev–Trinajstić information content (AvgIpc) is 2.66. The van der Waals surface area contributed by atoms with Gasteiger partial charge in [-0.3, -0.25) is 4.68 Å². The first-order valence-electron chi connectivity index (χ1n) is 5.11. The van der Waals surface area contributed by atoms with Gasteiger partial charge < -0.3 is 5.73 Å². The molecule has 2 N–H and O–H groups in total. The summed E-state index contributed by atoms with van der Waals surface area (Å²) < 4.78 is 1.81. The van der Waals surface area contributed by atoms with Gasteiger partial charge in [0.25, 0.3) is 0 Å². The molecule has 0 atom stereocenters. The first-order valence-corrected chi connectivity index (χ1v) is 6.10. The van der Waals surface area contributed by atoms with Crippen molar-refractivity contribution in [3.63, 3.8) is 0 Å². The quantitative estimate of drug-likeness (QED) is 0.654. The molecular weight excluding hydrogens is 218 g/mol. The van der Waals surface area contributed by atoms with Crippen LogP contribution in [0, 0.1) is 6.92 Å². The fourth-order valence-electron chi connectivity index (χ4n) is 1.47. The predicted octanol–water partition coefficient (Wildman–Crippen LogP) is 2.60. The van der Waals surface area contributed by atoms with Gasteiger partial charge >= 0.3 is 0 Å². The molecule has 0 spiro atoms. The summed E-state index contributed by atoms with van der Waals surface area (Å²) in [5, 5.41) is 4.14. The van der Waals surface area contributed by atoms with Gasteiger partial charge in [-0.05, 0) is 24.6 Å². The van der Waals surface area contributed by atoms with Crippen molar-refractivity contribution < 1.29 is 0 Å². The van der Waals surface area contributed by atoms with Crippen molar-refractivity contribution in [2.45, 2.75) is 17.6 Å². The topological polar surface area (TPSA) is 43.8 Å². The molecule has 2 aromatic rings. The number of anilines is 1. The maximum atomic E-state index is 5.92. The standard InChI is InChI=1S/C12H15N3S/c1-9-3-4-11(13)12(5-9)16-8-10-6-14-15(2)7-10/h3-7H,8,13H2,1-2H3. The second-order valence-electron chi connectivity index (χ2n) is 3.85. The first kappa shape index (κ1) is 11.1. The van der Waals surface area contributed by atoms with E-state index in [1.807, 2.05) is 36.3 Å². The van der Waals surface area contributed by atoms with Gasteiger partial charge in [-0.1, -0.05) is 6.07 Å². The van der Waals surface area contributed by atoms with Crippen LogP contribution in [0.4, 0.5) is 5.69 Å². The zero-order chi connectivity index (χ0) is 11.5. The molecule has 2 rings (SSSR count). The molecule has 0 fully saturated rings. The Morgan fingerprint density at radius 3 is 2.94 bits per heavy atom. The number of aromatic nitrogens is 2. The van der Waals surface area contributed by atoms with Gasteiger partial charge in [0.1, 0.15) is 0 Å². The van der Waals surface area contributed by atoms with Crippen LogP contribution >= 0.6 is 11.8 Å². The lowest BCUT2D eigenvalue weighted by atomic mass is 10.2. The number of aryl methyl sites for hydroxylation is 2. The summed E-state index contributed by atoms with van der Waals surface area (Å²) in [5.74, 6) is 0.904. The first-order chi connectivity index (χ1) is 7.65. The van der Waals surface area contributed by atoms with Crippen molar-refractivity contribution >= 4 is 17.4 Å². The summed E-state index contributed by atoms with van der Waals surface area (Å²) in [6.07, 6.45) is 3.91. The van der Waals surface area contributed by atoms with Crippen molar-refractivity contribution in [3.8, 4) is 0 Å². The zero-order valence-corrected chi connectivity index (χ0v) is 10.3. The lowest BCUT2D eigenvalue weighted by Crippen LogP contribution is -1.89. The molecule has 0 saturated heterocycles. The smallest absolute Gasteiger partial charge is 0.0530 e.